The van der Waals surface area contributed by atoms with Gasteiger partial charge in [0, 0.05) is 0 Å². The molecule has 0 fully saturated rings. The van der Waals surface area contributed by atoms with E-state index < -0.39 is 18.7 Å². The summed E-state index contributed by atoms with van der Waals surface area (Å²) in [6.45, 7) is 5.62. The van der Waals surface area contributed by atoms with Crippen molar-refractivity contribution in [3.8, 4) is 5.75 Å². The summed E-state index contributed by atoms with van der Waals surface area (Å²) in [6.07, 6.45) is 0. The smallest absolute Gasteiger partial charge is 0.482 e. The molecule has 0 unspecified atom stereocenters. The maximum absolute atomic E-state index is 11.5. The van der Waals surface area contributed by atoms with Crippen LogP contribution in [0, 0.1) is 0 Å². The van der Waals surface area contributed by atoms with E-state index in [1.165, 1.54) is 0 Å². The molecule has 0 amide bonds. The fourth-order valence-corrected chi connectivity index (χ4v) is 1.81. The lowest BCUT2D eigenvalue weighted by Gasteiger charge is -2.19. The molecule has 2 rings (SSSR count). The monoisotopic (exact) mass is 264 g/mol. The van der Waals surface area contributed by atoms with Gasteiger partial charge in [0.25, 0.3) is 0 Å². The lowest BCUT2D eigenvalue weighted by Crippen LogP contribution is -2.28. The van der Waals surface area contributed by atoms with Crippen LogP contribution in [0.1, 0.15) is 26.3 Å². The van der Waals surface area contributed by atoms with Gasteiger partial charge in [0.2, 0.25) is 0 Å². The Kier molecular flexibility index (Phi) is 3.82. The predicted octanol–water partition coefficient (Wildman–Crippen LogP) is 0.625. The third kappa shape index (κ3) is 3.72. The van der Waals surface area contributed by atoms with Gasteiger partial charge in [-0.2, -0.15) is 0 Å². The van der Waals surface area contributed by atoms with Gasteiger partial charge in [0.05, 0.1) is 6.61 Å². The zero-order chi connectivity index (χ0) is 14.0. The van der Waals surface area contributed by atoms with E-state index in [9.17, 15) is 9.82 Å². The molecule has 0 atom stereocenters. The molecule has 1 aromatic rings. The molecule has 0 aromatic heterocycles. The van der Waals surface area contributed by atoms with E-state index in [4.69, 9.17) is 14.1 Å². The molecule has 1 aliphatic heterocycles. The van der Waals surface area contributed by atoms with Gasteiger partial charge in [-0.1, -0.05) is 6.07 Å². The van der Waals surface area contributed by atoms with Crippen LogP contribution in [0.25, 0.3) is 0 Å². The van der Waals surface area contributed by atoms with Crippen LogP contribution in [-0.2, 0) is 20.8 Å². The van der Waals surface area contributed by atoms with Gasteiger partial charge in [0.1, 0.15) is 11.4 Å². The molecule has 1 aromatic carbocycles. The Morgan fingerprint density at radius 3 is 2.89 bits per heavy atom. The Bertz CT molecular complexity index is 480. The summed E-state index contributed by atoms with van der Waals surface area (Å²) >= 11 is 0. The highest BCUT2D eigenvalue weighted by atomic mass is 16.6. The number of hydrogen-bond acceptors (Lipinski definition) is 5. The molecule has 6 heteroatoms. The van der Waals surface area contributed by atoms with Crippen molar-refractivity contribution in [2.75, 3.05) is 6.61 Å². The Morgan fingerprint density at radius 1 is 1.47 bits per heavy atom. The number of benzene rings is 1. The molecule has 102 valence electrons. The first-order chi connectivity index (χ1) is 8.85. The summed E-state index contributed by atoms with van der Waals surface area (Å²) in [5.74, 6) is 0.145. The number of ether oxygens (including phenoxy) is 2. The fraction of sp³-hybridized carbons (Fsp3) is 0.462. The van der Waals surface area contributed by atoms with E-state index in [1.807, 2.05) is 0 Å². The Labute approximate surface area is 112 Å². The molecule has 1 aliphatic rings. The van der Waals surface area contributed by atoms with Crippen LogP contribution in [-0.4, -0.2) is 30.3 Å². The number of fused-ring (bicyclic) bond motifs is 1. The Hall–Kier alpha value is -1.53. The summed E-state index contributed by atoms with van der Waals surface area (Å²) in [7, 11) is -0.866. The molecule has 5 nitrogen and oxygen atoms in total. The van der Waals surface area contributed by atoms with Crippen LogP contribution in [0.5, 0.6) is 5.75 Å². The largest absolute Gasteiger partial charge is 0.491 e. The van der Waals surface area contributed by atoms with E-state index in [1.54, 1.807) is 39.0 Å². The van der Waals surface area contributed by atoms with Crippen molar-refractivity contribution >= 4 is 18.6 Å². The van der Waals surface area contributed by atoms with Crippen molar-refractivity contribution in [1.29, 1.82) is 0 Å². The predicted molar refractivity (Wildman–Crippen MR) is 70.2 cm³/mol. The van der Waals surface area contributed by atoms with E-state index in [0.29, 0.717) is 12.4 Å². The zero-order valence-corrected chi connectivity index (χ0v) is 11.3. The highest BCUT2D eigenvalue weighted by Gasteiger charge is 2.27. The van der Waals surface area contributed by atoms with Gasteiger partial charge in [-0.3, -0.25) is 0 Å². The van der Waals surface area contributed by atoms with Crippen LogP contribution in [0.4, 0.5) is 0 Å². The normalized spacial score (nSPS) is 14.2. The molecule has 0 aliphatic carbocycles. The lowest BCUT2D eigenvalue weighted by atomic mass is 9.80. The minimum atomic E-state index is -0.866. The Morgan fingerprint density at radius 2 is 2.21 bits per heavy atom. The molecule has 0 saturated carbocycles. The number of rotatable bonds is 3. The third-order valence-electron chi connectivity index (χ3n) is 2.55. The summed E-state index contributed by atoms with van der Waals surface area (Å²) < 4.78 is 15.6. The molecule has 0 spiro atoms. The van der Waals surface area contributed by atoms with Crippen molar-refractivity contribution < 1.29 is 23.9 Å². The molecule has 19 heavy (non-hydrogen) atoms. The fourth-order valence-electron chi connectivity index (χ4n) is 1.81. The molecule has 0 saturated heterocycles. The average Bonchev–Trinajstić information content (AvgIpc) is 2.66. The van der Waals surface area contributed by atoms with E-state index in [2.05, 4.69) is 0 Å². The van der Waals surface area contributed by atoms with Gasteiger partial charge in [-0.15, -0.1) is 0 Å². The zero-order valence-electron chi connectivity index (χ0n) is 11.3. The van der Waals surface area contributed by atoms with E-state index in [-0.39, 0.29) is 6.61 Å². The number of carbonyl (C=O) groups is 1. The molecular weight excluding hydrogens is 247 g/mol. The van der Waals surface area contributed by atoms with Gasteiger partial charge >= 0.3 is 13.1 Å². The van der Waals surface area contributed by atoms with Crippen LogP contribution >= 0.6 is 0 Å². The second kappa shape index (κ2) is 5.23. The first-order valence-corrected chi connectivity index (χ1v) is 6.12. The summed E-state index contributed by atoms with van der Waals surface area (Å²) in [6, 6.07) is 5.19. The third-order valence-corrected chi connectivity index (χ3v) is 2.55. The van der Waals surface area contributed by atoms with E-state index >= 15 is 0 Å². The molecule has 0 bridgehead atoms. The summed E-state index contributed by atoms with van der Waals surface area (Å²) in [5, 5.41) is 9.48. The van der Waals surface area contributed by atoms with Gasteiger partial charge in [0.15, 0.2) is 6.61 Å². The van der Waals surface area contributed by atoms with Crippen LogP contribution in [0.3, 0.4) is 0 Å². The quantitative estimate of drug-likeness (QED) is 0.640. The standard InChI is InChI=1S/C13H17BO5/c1-13(2,3)19-12(15)8-17-10-4-5-11-9(6-10)7-18-14(11)16/h4-6,16H,7-8H2,1-3H3. The van der Waals surface area contributed by atoms with Crippen LogP contribution in [0.15, 0.2) is 18.2 Å². The second-order valence-corrected chi connectivity index (χ2v) is 5.40. The van der Waals surface area contributed by atoms with Gasteiger partial charge in [-0.05, 0) is 43.9 Å². The highest BCUT2D eigenvalue weighted by Crippen LogP contribution is 2.17. The Balaban J connectivity index is 1.92. The first-order valence-electron chi connectivity index (χ1n) is 6.12. The van der Waals surface area contributed by atoms with Crippen LogP contribution < -0.4 is 10.2 Å². The summed E-state index contributed by atoms with van der Waals surface area (Å²) in [4.78, 5) is 11.5. The van der Waals surface area contributed by atoms with Gasteiger partial charge in [-0.25, -0.2) is 4.79 Å². The van der Waals surface area contributed by atoms with Crippen LogP contribution in [0.2, 0.25) is 0 Å². The summed E-state index contributed by atoms with van der Waals surface area (Å²) in [5.41, 5.74) is 1.09. The highest BCUT2D eigenvalue weighted by molar-refractivity contribution is 6.61. The number of carbonyl (C=O) groups excluding carboxylic acids is 1. The van der Waals surface area contributed by atoms with Crippen molar-refractivity contribution in [3.05, 3.63) is 23.8 Å². The van der Waals surface area contributed by atoms with Gasteiger partial charge < -0.3 is 19.2 Å². The maximum atomic E-state index is 11.5. The molecular formula is C13H17BO5. The minimum Gasteiger partial charge on any atom is -0.482 e. The van der Waals surface area contributed by atoms with Crippen molar-refractivity contribution in [2.24, 2.45) is 0 Å². The first kappa shape index (κ1) is 13.9. The van der Waals surface area contributed by atoms with Crippen molar-refractivity contribution in [2.45, 2.75) is 33.0 Å². The molecule has 1 N–H and O–H groups in total. The molecule has 1 heterocycles. The van der Waals surface area contributed by atoms with E-state index in [0.717, 1.165) is 11.0 Å². The maximum Gasteiger partial charge on any atom is 0.491 e. The molecule has 0 radical (unpaired) electrons. The minimum absolute atomic E-state index is 0.139. The SMILES string of the molecule is CC(C)(C)OC(=O)COc1ccc2c(c1)COB2O. The average molecular weight is 264 g/mol. The lowest BCUT2D eigenvalue weighted by molar-refractivity contribution is -0.157. The number of esters is 1. The topological polar surface area (TPSA) is 65.0 Å². The second-order valence-electron chi connectivity index (χ2n) is 5.40. The van der Waals surface area contributed by atoms with Crippen molar-refractivity contribution in [1.82, 2.24) is 0 Å². The van der Waals surface area contributed by atoms with Crippen molar-refractivity contribution in [3.63, 3.8) is 0 Å². The number of hydrogen-bond donors (Lipinski definition) is 1.